The van der Waals surface area contributed by atoms with E-state index in [2.05, 4.69) is 0 Å². The van der Waals surface area contributed by atoms with Crippen LogP contribution >= 0.6 is 0 Å². The molecule has 1 amide bonds. The van der Waals surface area contributed by atoms with Crippen molar-refractivity contribution >= 4 is 16.2 Å². The summed E-state index contributed by atoms with van der Waals surface area (Å²) in [6.45, 7) is 1.05. The fourth-order valence-electron chi connectivity index (χ4n) is 2.00. The lowest BCUT2D eigenvalue weighted by atomic mass is 10.2. The monoisotopic (exact) mass is 329 g/mol. The molecule has 1 atom stereocenters. The zero-order valence-corrected chi connectivity index (χ0v) is 13.1. The zero-order chi connectivity index (χ0) is 16.0. The van der Waals surface area contributed by atoms with E-state index in [-0.39, 0.29) is 19.8 Å². The van der Waals surface area contributed by atoms with Crippen LogP contribution in [0.3, 0.4) is 0 Å². The van der Waals surface area contributed by atoms with Gasteiger partial charge in [0.05, 0.1) is 26.0 Å². The Balaban J connectivity index is 1.79. The molecule has 1 aliphatic heterocycles. The fraction of sp³-hybridized carbons (Fsp3) is 0.500. The van der Waals surface area contributed by atoms with Crippen molar-refractivity contribution in [3.05, 3.63) is 35.9 Å². The second-order valence-electron chi connectivity index (χ2n) is 4.97. The third kappa shape index (κ3) is 5.63. The Kier molecular flexibility index (Phi) is 5.76. The van der Waals surface area contributed by atoms with Crippen LogP contribution in [-0.4, -0.2) is 58.1 Å². The first-order chi connectivity index (χ1) is 10.4. The van der Waals surface area contributed by atoms with Crippen molar-refractivity contribution in [2.45, 2.75) is 12.7 Å². The first kappa shape index (κ1) is 16.7. The summed E-state index contributed by atoms with van der Waals surface area (Å²) in [7, 11) is -3.52. The highest BCUT2D eigenvalue weighted by Gasteiger charge is 2.26. The van der Waals surface area contributed by atoms with E-state index in [0.29, 0.717) is 13.2 Å². The molecule has 8 heteroatoms. The van der Waals surface area contributed by atoms with Gasteiger partial charge in [-0.2, -0.15) is 8.42 Å². The highest BCUT2D eigenvalue weighted by Crippen LogP contribution is 2.10. The maximum Gasteiger partial charge on any atom is 0.410 e. The van der Waals surface area contributed by atoms with Crippen LogP contribution in [0.25, 0.3) is 0 Å². The van der Waals surface area contributed by atoms with Gasteiger partial charge in [0.2, 0.25) is 0 Å². The van der Waals surface area contributed by atoms with Crippen LogP contribution in [-0.2, 0) is 30.4 Å². The Labute approximate surface area is 129 Å². The van der Waals surface area contributed by atoms with Crippen LogP contribution in [0.2, 0.25) is 0 Å². The molecular formula is C14H19NO6S. The number of hydrogen-bond donors (Lipinski definition) is 0. The second kappa shape index (κ2) is 7.57. The van der Waals surface area contributed by atoms with Crippen LogP contribution in [0, 0.1) is 0 Å². The number of amides is 1. The van der Waals surface area contributed by atoms with E-state index in [1.54, 1.807) is 0 Å². The summed E-state index contributed by atoms with van der Waals surface area (Å²) in [5.74, 6) is 0. The van der Waals surface area contributed by atoms with Crippen molar-refractivity contribution in [3.8, 4) is 0 Å². The molecule has 0 N–H and O–H groups in total. The normalized spacial score (nSPS) is 19.0. The summed E-state index contributed by atoms with van der Waals surface area (Å²) < 4.78 is 37.2. The van der Waals surface area contributed by atoms with Crippen LogP contribution in [0.15, 0.2) is 30.3 Å². The Morgan fingerprint density at radius 1 is 1.36 bits per heavy atom. The van der Waals surface area contributed by atoms with E-state index in [1.807, 2.05) is 30.3 Å². The average Bonchev–Trinajstić information content (AvgIpc) is 2.51. The fourth-order valence-corrected chi connectivity index (χ4v) is 2.40. The van der Waals surface area contributed by atoms with Crippen molar-refractivity contribution < 1.29 is 26.9 Å². The molecule has 22 heavy (non-hydrogen) atoms. The molecule has 0 aliphatic carbocycles. The number of nitrogens with zero attached hydrogens (tertiary/aromatic N) is 1. The summed E-state index contributed by atoms with van der Waals surface area (Å²) in [4.78, 5) is 13.5. The van der Waals surface area contributed by atoms with E-state index in [1.165, 1.54) is 4.90 Å². The molecule has 7 nitrogen and oxygen atoms in total. The maximum absolute atomic E-state index is 12.0. The topological polar surface area (TPSA) is 82.1 Å². The van der Waals surface area contributed by atoms with Crippen molar-refractivity contribution in [1.82, 2.24) is 4.90 Å². The van der Waals surface area contributed by atoms with Gasteiger partial charge in [-0.05, 0) is 5.56 Å². The Hall–Kier alpha value is -1.64. The standard InChI is InChI=1S/C14H19NO6S/c1-22(17,18)21-11-13-9-15(7-8-19-13)14(16)20-10-12-5-3-2-4-6-12/h2-6,13H,7-11H2,1H3/t13-/m1/s1. The quantitative estimate of drug-likeness (QED) is 0.750. The third-order valence-corrected chi connectivity index (χ3v) is 3.63. The summed E-state index contributed by atoms with van der Waals surface area (Å²) in [6.07, 6.45) is 0.0473. The number of morpholine rings is 1. The number of hydrogen-bond acceptors (Lipinski definition) is 6. The predicted octanol–water partition coefficient (Wildman–Crippen LogP) is 1.00. The molecule has 0 saturated carbocycles. The number of ether oxygens (including phenoxy) is 2. The molecule has 1 aromatic rings. The number of carbonyl (C=O) groups is 1. The van der Waals surface area contributed by atoms with E-state index in [9.17, 15) is 13.2 Å². The van der Waals surface area contributed by atoms with Crippen LogP contribution in [0.4, 0.5) is 4.79 Å². The molecule has 1 aromatic carbocycles. The summed E-state index contributed by atoms with van der Waals surface area (Å²) >= 11 is 0. The lowest BCUT2D eigenvalue weighted by Gasteiger charge is -2.31. The first-order valence-electron chi connectivity index (χ1n) is 6.86. The lowest BCUT2D eigenvalue weighted by molar-refractivity contribution is -0.0448. The molecule has 0 radical (unpaired) electrons. The summed E-state index contributed by atoms with van der Waals surface area (Å²) in [6, 6.07) is 9.37. The molecule has 0 unspecified atom stereocenters. The minimum Gasteiger partial charge on any atom is -0.445 e. The van der Waals surface area contributed by atoms with Gasteiger partial charge in [-0.25, -0.2) is 4.79 Å². The van der Waals surface area contributed by atoms with Crippen LogP contribution in [0.1, 0.15) is 5.56 Å². The third-order valence-electron chi connectivity index (χ3n) is 3.07. The number of benzene rings is 1. The van der Waals surface area contributed by atoms with E-state index >= 15 is 0 Å². The Morgan fingerprint density at radius 3 is 2.77 bits per heavy atom. The van der Waals surface area contributed by atoms with E-state index in [4.69, 9.17) is 13.7 Å². The van der Waals surface area contributed by atoms with Crippen molar-refractivity contribution in [2.75, 3.05) is 32.6 Å². The van der Waals surface area contributed by atoms with Gasteiger partial charge in [-0.15, -0.1) is 0 Å². The van der Waals surface area contributed by atoms with E-state index in [0.717, 1.165) is 11.8 Å². The smallest absolute Gasteiger partial charge is 0.410 e. The van der Waals surface area contributed by atoms with Gasteiger partial charge < -0.3 is 14.4 Å². The summed E-state index contributed by atoms with van der Waals surface area (Å²) in [5, 5.41) is 0. The molecule has 0 aromatic heterocycles. The van der Waals surface area contributed by atoms with Gasteiger partial charge in [0.25, 0.3) is 10.1 Å². The predicted molar refractivity (Wildman–Crippen MR) is 78.7 cm³/mol. The Morgan fingerprint density at radius 2 is 2.09 bits per heavy atom. The maximum atomic E-state index is 12.0. The first-order valence-corrected chi connectivity index (χ1v) is 8.67. The zero-order valence-electron chi connectivity index (χ0n) is 12.3. The van der Waals surface area contributed by atoms with Gasteiger partial charge in [-0.3, -0.25) is 4.18 Å². The number of rotatable bonds is 5. The summed E-state index contributed by atoms with van der Waals surface area (Å²) in [5.41, 5.74) is 0.904. The van der Waals surface area contributed by atoms with Crippen LogP contribution in [0.5, 0.6) is 0 Å². The van der Waals surface area contributed by atoms with E-state index < -0.39 is 22.3 Å². The van der Waals surface area contributed by atoms with Gasteiger partial charge >= 0.3 is 6.09 Å². The van der Waals surface area contributed by atoms with Gasteiger partial charge in [-0.1, -0.05) is 30.3 Å². The molecule has 1 heterocycles. The second-order valence-corrected chi connectivity index (χ2v) is 6.61. The molecule has 1 fully saturated rings. The van der Waals surface area contributed by atoms with Gasteiger partial charge in [0.15, 0.2) is 0 Å². The van der Waals surface area contributed by atoms with Gasteiger partial charge in [0, 0.05) is 6.54 Å². The van der Waals surface area contributed by atoms with Crippen molar-refractivity contribution in [2.24, 2.45) is 0 Å². The molecule has 1 saturated heterocycles. The van der Waals surface area contributed by atoms with Gasteiger partial charge in [0.1, 0.15) is 12.7 Å². The largest absolute Gasteiger partial charge is 0.445 e. The average molecular weight is 329 g/mol. The molecule has 1 aliphatic rings. The molecule has 2 rings (SSSR count). The van der Waals surface area contributed by atoms with Crippen molar-refractivity contribution in [3.63, 3.8) is 0 Å². The lowest BCUT2D eigenvalue weighted by Crippen LogP contribution is -2.47. The molecule has 0 bridgehead atoms. The molecule has 0 spiro atoms. The molecular weight excluding hydrogens is 310 g/mol. The highest BCUT2D eigenvalue weighted by molar-refractivity contribution is 7.85. The molecule has 122 valence electrons. The number of carbonyl (C=O) groups excluding carboxylic acids is 1. The minimum absolute atomic E-state index is 0.110. The van der Waals surface area contributed by atoms with Crippen LogP contribution < -0.4 is 0 Å². The Bertz CT molecular complexity index is 589. The highest BCUT2D eigenvalue weighted by atomic mass is 32.2. The van der Waals surface area contributed by atoms with Crippen molar-refractivity contribution in [1.29, 1.82) is 0 Å². The minimum atomic E-state index is -3.52. The SMILES string of the molecule is CS(=O)(=O)OC[C@H]1CN(C(=O)OCc2ccccc2)CCO1.